The van der Waals surface area contributed by atoms with Crippen LogP contribution in [0, 0.1) is 22.7 Å². The summed E-state index contributed by atoms with van der Waals surface area (Å²) in [6.07, 6.45) is 6.36. The van der Waals surface area contributed by atoms with Gasteiger partial charge in [-0.15, -0.1) is 10.2 Å². The summed E-state index contributed by atoms with van der Waals surface area (Å²) < 4.78 is 6.18. The molecule has 0 bridgehead atoms. The van der Waals surface area contributed by atoms with Crippen molar-refractivity contribution in [1.29, 1.82) is 0 Å². The Bertz CT molecular complexity index is 1660. The van der Waals surface area contributed by atoms with Crippen molar-refractivity contribution in [2.45, 2.75) is 119 Å². The van der Waals surface area contributed by atoms with Crippen molar-refractivity contribution in [1.82, 2.24) is 30.8 Å². The number of ether oxygens (including phenoxy) is 1. The fraction of sp³-hybridized carbons (Fsp3) is 0.590. The minimum Gasteiger partial charge on any atom is -0.492 e. The molecular formula is C39H54ClN7O3. The molecule has 50 heavy (non-hydrogen) atoms. The number of hydrogen-bond acceptors (Lipinski definition) is 7. The SMILES string of the molecule is CCC1CCC(C)CC12N=C(c1ccc(Cl)c(OCCC(C)(C)C)c1)C(=O)N2C(CCC(C)(C)C)c1ccc(C(=O)NCc2nn[nH]n2)cc1. The molecule has 4 unspecified atom stereocenters. The van der Waals surface area contributed by atoms with Gasteiger partial charge in [0.1, 0.15) is 17.1 Å². The van der Waals surface area contributed by atoms with E-state index in [4.69, 9.17) is 21.3 Å². The molecule has 1 aliphatic heterocycles. The number of aromatic nitrogens is 4. The molecule has 10 nitrogen and oxygen atoms in total. The lowest BCUT2D eigenvalue weighted by Crippen LogP contribution is -2.55. The number of nitrogens with zero attached hydrogens (tertiary/aromatic N) is 5. The summed E-state index contributed by atoms with van der Waals surface area (Å²) in [5.74, 6) is 1.29. The molecule has 1 fully saturated rings. The van der Waals surface area contributed by atoms with Gasteiger partial charge in [-0.05, 0) is 85.1 Å². The van der Waals surface area contributed by atoms with Gasteiger partial charge in [-0.3, -0.25) is 14.6 Å². The summed E-state index contributed by atoms with van der Waals surface area (Å²) in [5, 5.41) is 17.1. The van der Waals surface area contributed by atoms with Crippen LogP contribution in [0.5, 0.6) is 5.75 Å². The normalized spacial score (nSPS) is 21.7. The van der Waals surface area contributed by atoms with Gasteiger partial charge in [0.15, 0.2) is 5.82 Å². The van der Waals surface area contributed by atoms with Crippen LogP contribution in [0.25, 0.3) is 0 Å². The van der Waals surface area contributed by atoms with E-state index in [1.807, 2.05) is 42.5 Å². The minimum absolute atomic E-state index is 0.0480. The van der Waals surface area contributed by atoms with Gasteiger partial charge in [-0.1, -0.05) is 96.8 Å². The fourth-order valence-electron chi connectivity index (χ4n) is 7.26. The van der Waals surface area contributed by atoms with E-state index in [1.165, 1.54) is 0 Å². The van der Waals surface area contributed by atoms with Crippen molar-refractivity contribution < 1.29 is 14.3 Å². The van der Waals surface area contributed by atoms with Crippen LogP contribution in [0.1, 0.15) is 134 Å². The van der Waals surface area contributed by atoms with Crippen molar-refractivity contribution in [3.63, 3.8) is 0 Å². The summed E-state index contributed by atoms with van der Waals surface area (Å²) in [5.41, 5.74) is 2.18. The number of aliphatic imine (C=N–C) groups is 1. The summed E-state index contributed by atoms with van der Waals surface area (Å²) in [4.78, 5) is 35.7. The summed E-state index contributed by atoms with van der Waals surface area (Å²) in [6.45, 7) is 18.4. The smallest absolute Gasteiger partial charge is 0.275 e. The molecule has 1 spiro atoms. The lowest BCUT2D eigenvalue weighted by Gasteiger charge is -2.50. The van der Waals surface area contributed by atoms with Gasteiger partial charge in [0.25, 0.3) is 11.8 Å². The first-order valence-electron chi connectivity index (χ1n) is 18.1. The number of hydrogen-bond donors (Lipinski definition) is 2. The van der Waals surface area contributed by atoms with Crippen molar-refractivity contribution in [2.24, 2.45) is 27.7 Å². The molecule has 4 atom stereocenters. The van der Waals surface area contributed by atoms with Crippen molar-refractivity contribution in [3.8, 4) is 5.75 Å². The molecule has 1 saturated carbocycles. The highest BCUT2D eigenvalue weighted by Gasteiger charge is 2.56. The predicted molar refractivity (Wildman–Crippen MR) is 197 cm³/mol. The maximum absolute atomic E-state index is 15.0. The van der Waals surface area contributed by atoms with Gasteiger partial charge in [-0.2, -0.15) is 5.21 Å². The first-order chi connectivity index (χ1) is 23.6. The standard InChI is InChI=1S/C39H54ClN7O3/c1-9-29-16-10-25(2)23-39(29)42-34(28-15-17-30(40)32(22-28)50-21-20-38(6,7)8)36(49)47(39)31(18-19-37(3,4)5)26-11-13-27(14-12-26)35(48)41-24-33-43-45-46-44-33/h11-15,17,22,25,29,31H,9-10,16,18-21,23-24H2,1-8H3,(H,41,48)(H,43,44,45,46). The molecule has 0 radical (unpaired) electrons. The molecule has 2 N–H and O–H groups in total. The molecule has 2 heterocycles. The topological polar surface area (TPSA) is 125 Å². The Morgan fingerprint density at radius 3 is 2.44 bits per heavy atom. The summed E-state index contributed by atoms with van der Waals surface area (Å²) in [6, 6.07) is 13.0. The Labute approximate surface area is 302 Å². The average Bonchev–Trinajstić information content (AvgIpc) is 3.67. The lowest BCUT2D eigenvalue weighted by molar-refractivity contribution is -0.137. The van der Waals surface area contributed by atoms with Gasteiger partial charge in [0, 0.05) is 17.0 Å². The minimum atomic E-state index is -0.686. The van der Waals surface area contributed by atoms with Crippen LogP contribution in [0.2, 0.25) is 5.02 Å². The Hall–Kier alpha value is -3.79. The zero-order chi connectivity index (χ0) is 36.3. The van der Waals surface area contributed by atoms with E-state index in [1.54, 1.807) is 0 Å². The summed E-state index contributed by atoms with van der Waals surface area (Å²) in [7, 11) is 0. The number of aromatic amines is 1. The highest BCUT2D eigenvalue weighted by atomic mass is 35.5. The van der Waals surface area contributed by atoms with E-state index in [9.17, 15) is 4.79 Å². The highest BCUT2D eigenvalue weighted by molar-refractivity contribution is 6.47. The predicted octanol–water partition coefficient (Wildman–Crippen LogP) is 8.34. The molecular weight excluding hydrogens is 650 g/mol. The van der Waals surface area contributed by atoms with E-state index in [-0.39, 0.29) is 41.1 Å². The average molecular weight is 704 g/mol. The Kier molecular flexibility index (Phi) is 11.4. The van der Waals surface area contributed by atoms with Crippen LogP contribution in [0.4, 0.5) is 0 Å². The molecule has 5 rings (SSSR count). The number of carbonyl (C=O) groups excluding carboxylic acids is 2. The Morgan fingerprint density at radius 2 is 1.80 bits per heavy atom. The Balaban J connectivity index is 1.53. The van der Waals surface area contributed by atoms with E-state index in [0.29, 0.717) is 40.4 Å². The Morgan fingerprint density at radius 1 is 1.08 bits per heavy atom. The van der Waals surface area contributed by atoms with Crippen molar-refractivity contribution in [2.75, 3.05) is 6.61 Å². The zero-order valence-electron chi connectivity index (χ0n) is 31.0. The highest BCUT2D eigenvalue weighted by Crippen LogP contribution is 2.51. The number of rotatable bonds is 12. The number of amides is 2. The molecule has 11 heteroatoms. The van der Waals surface area contributed by atoms with E-state index in [2.05, 4.69) is 86.2 Å². The molecule has 1 aromatic heterocycles. The van der Waals surface area contributed by atoms with Gasteiger partial charge >= 0.3 is 0 Å². The van der Waals surface area contributed by atoms with Crippen LogP contribution in [0.15, 0.2) is 47.5 Å². The van der Waals surface area contributed by atoms with E-state index < -0.39 is 5.66 Å². The van der Waals surface area contributed by atoms with Crippen LogP contribution >= 0.6 is 11.6 Å². The third-order valence-corrected chi connectivity index (χ3v) is 10.4. The molecule has 270 valence electrons. The first kappa shape index (κ1) is 37.5. The third-order valence-electron chi connectivity index (χ3n) is 10.1. The monoisotopic (exact) mass is 703 g/mol. The van der Waals surface area contributed by atoms with Crippen LogP contribution in [-0.4, -0.2) is 55.3 Å². The second kappa shape index (κ2) is 15.2. The first-order valence-corrected chi connectivity index (χ1v) is 18.4. The number of benzene rings is 2. The maximum Gasteiger partial charge on any atom is 0.275 e. The number of tetrazole rings is 1. The molecule has 2 aromatic carbocycles. The number of nitrogens with one attached hydrogen (secondary N) is 2. The molecule has 0 saturated heterocycles. The van der Waals surface area contributed by atoms with Gasteiger partial charge in [0.2, 0.25) is 0 Å². The summed E-state index contributed by atoms with van der Waals surface area (Å²) >= 11 is 6.62. The van der Waals surface area contributed by atoms with Gasteiger partial charge in [-0.25, -0.2) is 0 Å². The van der Waals surface area contributed by atoms with E-state index in [0.717, 1.165) is 56.1 Å². The number of H-pyrrole nitrogens is 1. The largest absolute Gasteiger partial charge is 0.492 e. The molecule has 1 aliphatic carbocycles. The zero-order valence-corrected chi connectivity index (χ0v) is 31.7. The van der Waals surface area contributed by atoms with Gasteiger partial charge < -0.3 is 15.0 Å². The molecule has 2 amide bonds. The quantitative estimate of drug-likeness (QED) is 0.195. The molecule has 2 aliphatic rings. The second-order valence-electron chi connectivity index (χ2n) is 16.6. The fourth-order valence-corrected chi connectivity index (χ4v) is 7.44. The number of halogens is 1. The van der Waals surface area contributed by atoms with Crippen molar-refractivity contribution >= 4 is 29.1 Å². The second-order valence-corrected chi connectivity index (χ2v) is 17.0. The van der Waals surface area contributed by atoms with Gasteiger partial charge in [0.05, 0.1) is 24.2 Å². The molecule has 3 aromatic rings. The van der Waals surface area contributed by atoms with Crippen LogP contribution in [0.3, 0.4) is 0 Å². The van der Waals surface area contributed by atoms with Crippen LogP contribution in [-0.2, 0) is 11.3 Å². The van der Waals surface area contributed by atoms with Crippen LogP contribution < -0.4 is 10.1 Å². The third kappa shape index (κ3) is 8.74. The number of carbonyl (C=O) groups is 2. The lowest BCUT2D eigenvalue weighted by atomic mass is 9.71. The maximum atomic E-state index is 15.0. The van der Waals surface area contributed by atoms with E-state index >= 15 is 4.79 Å². The van der Waals surface area contributed by atoms with Crippen molar-refractivity contribution in [3.05, 3.63) is 70.0 Å².